The molecule has 0 amide bonds. The van der Waals surface area contributed by atoms with Crippen LogP contribution in [0.15, 0.2) is 21.9 Å². The summed E-state index contributed by atoms with van der Waals surface area (Å²) in [7, 11) is 1.24. The Balaban J connectivity index is 2.78. The Hall–Kier alpha value is -2.44. The fourth-order valence-electron chi connectivity index (χ4n) is 1.65. The number of hydrogen-bond acceptors (Lipinski definition) is 5. The summed E-state index contributed by atoms with van der Waals surface area (Å²) in [5, 5.41) is 0. The van der Waals surface area contributed by atoms with Gasteiger partial charge < -0.3 is 9.72 Å². The van der Waals surface area contributed by atoms with Crippen molar-refractivity contribution in [2.75, 3.05) is 7.11 Å². The lowest BCUT2D eigenvalue weighted by molar-refractivity contribution is 0.0600. The number of pyridine rings is 1. The van der Waals surface area contributed by atoms with Crippen LogP contribution in [0.1, 0.15) is 17.3 Å². The molecule has 94 valence electrons. The number of ether oxygens (including phenoxy) is 1. The van der Waals surface area contributed by atoms with E-state index >= 15 is 0 Å². The molecule has 0 radical (unpaired) electrons. The van der Waals surface area contributed by atoms with Crippen LogP contribution < -0.4 is 11.2 Å². The van der Waals surface area contributed by atoms with Crippen LogP contribution in [0, 0.1) is 0 Å². The third kappa shape index (κ3) is 1.79. The van der Waals surface area contributed by atoms with Gasteiger partial charge in [-0.05, 0) is 13.0 Å². The van der Waals surface area contributed by atoms with Gasteiger partial charge in [0.1, 0.15) is 0 Å². The Morgan fingerprint density at radius 3 is 2.83 bits per heavy atom. The van der Waals surface area contributed by atoms with Crippen molar-refractivity contribution < 1.29 is 9.53 Å². The highest BCUT2D eigenvalue weighted by atomic mass is 16.5. The van der Waals surface area contributed by atoms with Crippen LogP contribution in [-0.2, 0) is 11.3 Å². The van der Waals surface area contributed by atoms with Crippen molar-refractivity contribution in [3.05, 3.63) is 38.7 Å². The Kier molecular flexibility index (Phi) is 2.97. The zero-order valence-corrected chi connectivity index (χ0v) is 9.89. The highest BCUT2D eigenvalue weighted by Crippen LogP contribution is 2.06. The highest BCUT2D eigenvalue weighted by molar-refractivity contribution is 5.92. The number of rotatable bonds is 2. The number of hydrogen-bond donors (Lipinski definition) is 1. The van der Waals surface area contributed by atoms with Crippen molar-refractivity contribution in [3.8, 4) is 0 Å². The molecule has 7 heteroatoms. The van der Waals surface area contributed by atoms with Crippen LogP contribution in [-0.4, -0.2) is 27.6 Å². The number of aromatic nitrogens is 3. The fraction of sp³-hybridized carbons (Fsp3) is 0.273. The maximum absolute atomic E-state index is 11.9. The normalized spacial score (nSPS) is 10.6. The minimum Gasteiger partial charge on any atom is -0.465 e. The number of carbonyl (C=O) groups excluding carboxylic acids is 1. The maximum atomic E-state index is 11.9. The summed E-state index contributed by atoms with van der Waals surface area (Å²) in [4.78, 5) is 41.2. The molecule has 0 saturated carbocycles. The summed E-state index contributed by atoms with van der Waals surface area (Å²) in [5.74, 6) is -0.579. The van der Waals surface area contributed by atoms with Crippen molar-refractivity contribution in [2.24, 2.45) is 0 Å². The van der Waals surface area contributed by atoms with Gasteiger partial charge in [0.15, 0.2) is 5.52 Å². The predicted molar refractivity (Wildman–Crippen MR) is 63.6 cm³/mol. The van der Waals surface area contributed by atoms with Crippen molar-refractivity contribution in [1.82, 2.24) is 14.5 Å². The molecule has 0 aromatic carbocycles. The second-order valence-electron chi connectivity index (χ2n) is 3.59. The topological polar surface area (TPSA) is 94.1 Å². The molecule has 2 aromatic rings. The van der Waals surface area contributed by atoms with Crippen LogP contribution in [0.25, 0.3) is 11.0 Å². The molecule has 1 N–H and O–H groups in total. The van der Waals surface area contributed by atoms with E-state index in [0.717, 1.165) is 4.57 Å². The number of nitrogens with one attached hydrogen (secondary N) is 1. The first-order chi connectivity index (χ1) is 8.58. The van der Waals surface area contributed by atoms with E-state index in [1.807, 2.05) is 0 Å². The van der Waals surface area contributed by atoms with Gasteiger partial charge in [-0.15, -0.1) is 0 Å². The van der Waals surface area contributed by atoms with Gasteiger partial charge in [-0.3, -0.25) is 9.36 Å². The molecule has 0 fully saturated rings. The second kappa shape index (κ2) is 4.44. The molecule has 0 aliphatic carbocycles. The molecule has 2 rings (SSSR count). The first-order valence-corrected chi connectivity index (χ1v) is 5.29. The fourth-order valence-corrected chi connectivity index (χ4v) is 1.65. The molecule has 0 aliphatic rings. The standard InChI is InChI=1S/C11H11N3O4/c1-3-14-9(15)8-7(13-11(14)17)4-6(5-12-8)10(16)18-2/h4-5H,3H2,1-2H3,(H,13,17). The third-order valence-electron chi connectivity index (χ3n) is 2.56. The van der Waals surface area contributed by atoms with E-state index in [-0.39, 0.29) is 23.1 Å². The molecular weight excluding hydrogens is 238 g/mol. The third-order valence-corrected chi connectivity index (χ3v) is 2.56. The summed E-state index contributed by atoms with van der Waals surface area (Å²) in [5.41, 5.74) is -0.498. The average molecular weight is 249 g/mol. The zero-order chi connectivity index (χ0) is 13.3. The number of fused-ring (bicyclic) bond motifs is 1. The minimum atomic E-state index is -0.579. The summed E-state index contributed by atoms with van der Waals surface area (Å²) < 4.78 is 5.57. The van der Waals surface area contributed by atoms with E-state index in [4.69, 9.17) is 0 Å². The number of aromatic amines is 1. The molecule has 0 aliphatic heterocycles. The van der Waals surface area contributed by atoms with E-state index < -0.39 is 17.2 Å². The Labute approximate surface area is 101 Å². The molecule has 0 unspecified atom stereocenters. The molecule has 0 saturated heterocycles. The second-order valence-corrected chi connectivity index (χ2v) is 3.59. The number of carbonyl (C=O) groups is 1. The van der Waals surface area contributed by atoms with E-state index in [1.54, 1.807) is 6.92 Å². The van der Waals surface area contributed by atoms with Crippen molar-refractivity contribution in [2.45, 2.75) is 13.5 Å². The Morgan fingerprint density at radius 1 is 1.50 bits per heavy atom. The van der Waals surface area contributed by atoms with Gasteiger partial charge in [-0.25, -0.2) is 14.6 Å². The first kappa shape index (κ1) is 12.0. The number of H-pyrrole nitrogens is 1. The molecular formula is C11H11N3O4. The lowest BCUT2D eigenvalue weighted by Gasteiger charge is -2.04. The Bertz CT molecular complexity index is 729. The smallest absolute Gasteiger partial charge is 0.339 e. The molecule has 7 nitrogen and oxygen atoms in total. The van der Waals surface area contributed by atoms with Crippen LogP contribution in [0.5, 0.6) is 0 Å². The lowest BCUT2D eigenvalue weighted by atomic mass is 10.2. The van der Waals surface area contributed by atoms with Gasteiger partial charge in [0, 0.05) is 12.7 Å². The van der Waals surface area contributed by atoms with Gasteiger partial charge in [0.25, 0.3) is 5.56 Å². The minimum absolute atomic E-state index is 0.115. The molecule has 0 spiro atoms. The monoisotopic (exact) mass is 249 g/mol. The summed E-state index contributed by atoms with van der Waals surface area (Å²) in [6.07, 6.45) is 1.24. The van der Waals surface area contributed by atoms with Crippen LogP contribution in [0.2, 0.25) is 0 Å². The summed E-state index contributed by atoms with van der Waals surface area (Å²) in [6, 6.07) is 1.37. The summed E-state index contributed by atoms with van der Waals surface area (Å²) >= 11 is 0. The van der Waals surface area contributed by atoms with E-state index in [1.165, 1.54) is 19.4 Å². The van der Waals surface area contributed by atoms with E-state index in [9.17, 15) is 14.4 Å². The van der Waals surface area contributed by atoms with Gasteiger partial charge in [0.2, 0.25) is 0 Å². The van der Waals surface area contributed by atoms with E-state index in [2.05, 4.69) is 14.7 Å². The first-order valence-electron chi connectivity index (χ1n) is 5.29. The van der Waals surface area contributed by atoms with Gasteiger partial charge in [0.05, 0.1) is 18.2 Å². The maximum Gasteiger partial charge on any atom is 0.339 e. The van der Waals surface area contributed by atoms with Crippen molar-refractivity contribution >= 4 is 17.0 Å². The van der Waals surface area contributed by atoms with Gasteiger partial charge >= 0.3 is 11.7 Å². The molecule has 18 heavy (non-hydrogen) atoms. The van der Waals surface area contributed by atoms with Crippen LogP contribution >= 0.6 is 0 Å². The van der Waals surface area contributed by atoms with Gasteiger partial charge in [-0.1, -0.05) is 0 Å². The SMILES string of the molecule is CCn1c(=O)[nH]c2cc(C(=O)OC)cnc2c1=O. The van der Waals surface area contributed by atoms with Crippen molar-refractivity contribution in [1.29, 1.82) is 0 Å². The molecule has 2 aromatic heterocycles. The molecule has 0 bridgehead atoms. The number of methoxy groups -OCH3 is 1. The zero-order valence-electron chi connectivity index (χ0n) is 9.89. The predicted octanol–water partition coefficient (Wildman–Crippen LogP) is -0.109. The van der Waals surface area contributed by atoms with Crippen LogP contribution in [0.3, 0.4) is 0 Å². The lowest BCUT2D eigenvalue weighted by Crippen LogP contribution is -2.34. The number of esters is 1. The highest BCUT2D eigenvalue weighted by Gasteiger charge is 2.11. The largest absolute Gasteiger partial charge is 0.465 e. The average Bonchev–Trinajstić information content (AvgIpc) is 2.37. The van der Waals surface area contributed by atoms with Crippen LogP contribution in [0.4, 0.5) is 0 Å². The Morgan fingerprint density at radius 2 is 2.22 bits per heavy atom. The summed E-state index contributed by atoms with van der Waals surface area (Å²) in [6.45, 7) is 1.94. The van der Waals surface area contributed by atoms with E-state index in [0.29, 0.717) is 0 Å². The quantitative estimate of drug-likeness (QED) is 0.749. The molecule has 2 heterocycles. The van der Waals surface area contributed by atoms with Crippen molar-refractivity contribution in [3.63, 3.8) is 0 Å². The van der Waals surface area contributed by atoms with Gasteiger partial charge in [-0.2, -0.15) is 0 Å². The molecule has 0 atom stereocenters. The number of nitrogens with zero attached hydrogens (tertiary/aromatic N) is 2.